The summed E-state index contributed by atoms with van der Waals surface area (Å²) < 4.78 is 32.2. The molecular formula is C18H18BFO3. The first kappa shape index (κ1) is 14.7. The van der Waals surface area contributed by atoms with Gasteiger partial charge in [0.25, 0.3) is 0 Å². The van der Waals surface area contributed by atoms with Crippen molar-refractivity contribution in [2.24, 2.45) is 0 Å². The number of benzene rings is 2. The van der Waals surface area contributed by atoms with E-state index in [1.54, 1.807) is 6.07 Å². The molecule has 1 saturated heterocycles. The van der Waals surface area contributed by atoms with Crippen LogP contribution in [-0.4, -0.2) is 18.3 Å². The molecule has 0 radical (unpaired) electrons. The molecule has 0 N–H and O–H groups in total. The smallest absolute Gasteiger partial charge is 0.456 e. The lowest BCUT2D eigenvalue weighted by Crippen LogP contribution is -2.41. The fourth-order valence-corrected chi connectivity index (χ4v) is 2.91. The number of para-hydroxylation sites is 1. The number of halogens is 1. The average molecular weight is 312 g/mol. The van der Waals surface area contributed by atoms with Gasteiger partial charge in [0.15, 0.2) is 0 Å². The van der Waals surface area contributed by atoms with Crippen LogP contribution in [0, 0.1) is 5.82 Å². The molecule has 3 nitrogen and oxygen atoms in total. The van der Waals surface area contributed by atoms with Crippen LogP contribution in [0.5, 0.6) is 0 Å². The van der Waals surface area contributed by atoms with Crippen LogP contribution in [0.2, 0.25) is 0 Å². The second kappa shape index (κ2) is 4.59. The highest BCUT2D eigenvalue weighted by molar-refractivity contribution is 6.62. The van der Waals surface area contributed by atoms with Crippen molar-refractivity contribution in [3.63, 3.8) is 0 Å². The Labute approximate surface area is 134 Å². The van der Waals surface area contributed by atoms with Gasteiger partial charge < -0.3 is 13.7 Å². The maximum atomic E-state index is 14.6. The quantitative estimate of drug-likeness (QED) is 0.636. The van der Waals surface area contributed by atoms with Crippen molar-refractivity contribution in [1.29, 1.82) is 0 Å². The van der Waals surface area contributed by atoms with E-state index in [1.165, 1.54) is 6.07 Å². The van der Waals surface area contributed by atoms with Crippen LogP contribution in [0.25, 0.3) is 21.9 Å². The molecule has 2 heterocycles. The third-order valence-corrected chi connectivity index (χ3v) is 5.00. The summed E-state index contributed by atoms with van der Waals surface area (Å²) in [4.78, 5) is 0. The maximum absolute atomic E-state index is 14.6. The van der Waals surface area contributed by atoms with Crippen molar-refractivity contribution in [3.05, 3.63) is 42.2 Å². The standard InChI is InChI=1S/C18H18BFO3/c1-17(2)18(3,4)23-19(22-17)13-9-12-11-7-5-6-8-15(11)21-16(12)10-14(13)20/h5-10H,1-4H3. The number of furan rings is 1. The van der Waals surface area contributed by atoms with E-state index in [2.05, 4.69) is 0 Å². The second-order valence-electron chi connectivity index (χ2n) is 7.06. The molecular weight excluding hydrogens is 294 g/mol. The summed E-state index contributed by atoms with van der Waals surface area (Å²) in [6.07, 6.45) is 0. The molecule has 118 valence electrons. The largest absolute Gasteiger partial charge is 0.497 e. The van der Waals surface area contributed by atoms with Gasteiger partial charge in [0, 0.05) is 22.3 Å². The molecule has 0 aliphatic carbocycles. The van der Waals surface area contributed by atoms with E-state index >= 15 is 0 Å². The highest BCUT2D eigenvalue weighted by atomic mass is 19.1. The van der Waals surface area contributed by atoms with Gasteiger partial charge in [-0.1, -0.05) is 18.2 Å². The molecule has 23 heavy (non-hydrogen) atoms. The van der Waals surface area contributed by atoms with E-state index in [-0.39, 0.29) is 5.82 Å². The van der Waals surface area contributed by atoms with Gasteiger partial charge in [-0.15, -0.1) is 0 Å². The Morgan fingerprint density at radius 1 is 0.870 bits per heavy atom. The minimum atomic E-state index is -0.724. The van der Waals surface area contributed by atoms with Gasteiger partial charge in [0.05, 0.1) is 11.2 Å². The average Bonchev–Trinajstić information content (AvgIpc) is 2.91. The Morgan fingerprint density at radius 2 is 1.52 bits per heavy atom. The van der Waals surface area contributed by atoms with Crippen molar-refractivity contribution in [2.75, 3.05) is 0 Å². The van der Waals surface area contributed by atoms with Crippen LogP contribution in [0.15, 0.2) is 40.8 Å². The number of rotatable bonds is 1. The van der Waals surface area contributed by atoms with Crippen molar-refractivity contribution in [2.45, 2.75) is 38.9 Å². The van der Waals surface area contributed by atoms with Crippen LogP contribution in [0.1, 0.15) is 27.7 Å². The summed E-state index contributed by atoms with van der Waals surface area (Å²) in [5.41, 5.74) is 0.675. The topological polar surface area (TPSA) is 31.6 Å². The first-order valence-corrected chi connectivity index (χ1v) is 7.75. The fourth-order valence-electron chi connectivity index (χ4n) is 2.91. The first-order chi connectivity index (χ1) is 10.8. The molecule has 0 spiro atoms. The first-order valence-electron chi connectivity index (χ1n) is 7.75. The minimum Gasteiger partial charge on any atom is -0.456 e. The molecule has 0 bridgehead atoms. The van der Waals surface area contributed by atoms with E-state index in [0.29, 0.717) is 11.0 Å². The Morgan fingerprint density at radius 3 is 2.22 bits per heavy atom. The molecule has 1 aliphatic rings. The van der Waals surface area contributed by atoms with Gasteiger partial charge in [-0.05, 0) is 39.8 Å². The Kier molecular flexibility index (Phi) is 2.94. The van der Waals surface area contributed by atoms with Crippen molar-refractivity contribution < 1.29 is 18.1 Å². The molecule has 2 aromatic carbocycles. The van der Waals surface area contributed by atoms with Crippen LogP contribution in [-0.2, 0) is 9.31 Å². The van der Waals surface area contributed by atoms with Crippen LogP contribution < -0.4 is 5.46 Å². The minimum absolute atomic E-state index is 0.380. The second-order valence-corrected chi connectivity index (χ2v) is 7.06. The summed E-state index contributed by atoms with van der Waals surface area (Å²) in [5.74, 6) is -0.380. The number of fused-ring (bicyclic) bond motifs is 3. The lowest BCUT2D eigenvalue weighted by atomic mass is 9.78. The van der Waals surface area contributed by atoms with Crippen molar-refractivity contribution in [1.82, 2.24) is 0 Å². The summed E-state index contributed by atoms with van der Waals surface area (Å²) in [7, 11) is -0.724. The highest BCUT2D eigenvalue weighted by Gasteiger charge is 2.52. The summed E-state index contributed by atoms with van der Waals surface area (Å²) in [5, 5.41) is 1.83. The molecule has 1 aliphatic heterocycles. The predicted molar refractivity (Wildman–Crippen MR) is 89.4 cm³/mol. The molecule has 0 saturated carbocycles. The Hall–Kier alpha value is -1.85. The summed E-state index contributed by atoms with van der Waals surface area (Å²) in [6, 6.07) is 10.9. The monoisotopic (exact) mass is 312 g/mol. The summed E-state index contributed by atoms with van der Waals surface area (Å²) in [6.45, 7) is 7.82. The van der Waals surface area contributed by atoms with Crippen LogP contribution in [0.4, 0.5) is 4.39 Å². The zero-order valence-electron chi connectivity index (χ0n) is 13.6. The Bertz CT molecular complexity index is 897. The fraction of sp³-hybridized carbons (Fsp3) is 0.333. The zero-order valence-corrected chi connectivity index (χ0v) is 13.6. The molecule has 3 aromatic rings. The van der Waals surface area contributed by atoms with E-state index in [1.807, 2.05) is 52.0 Å². The molecule has 1 aromatic heterocycles. The van der Waals surface area contributed by atoms with Gasteiger partial charge in [0.1, 0.15) is 17.0 Å². The molecule has 1 fully saturated rings. The lowest BCUT2D eigenvalue weighted by Gasteiger charge is -2.32. The lowest BCUT2D eigenvalue weighted by molar-refractivity contribution is 0.00578. The molecule has 0 amide bonds. The maximum Gasteiger partial charge on any atom is 0.497 e. The van der Waals surface area contributed by atoms with E-state index in [0.717, 1.165) is 16.4 Å². The van der Waals surface area contributed by atoms with Gasteiger partial charge in [-0.25, -0.2) is 4.39 Å². The van der Waals surface area contributed by atoms with Crippen molar-refractivity contribution >= 4 is 34.5 Å². The van der Waals surface area contributed by atoms with E-state index in [9.17, 15) is 4.39 Å². The van der Waals surface area contributed by atoms with Gasteiger partial charge in [-0.2, -0.15) is 0 Å². The van der Waals surface area contributed by atoms with Gasteiger partial charge in [0.2, 0.25) is 0 Å². The summed E-state index contributed by atoms with van der Waals surface area (Å²) >= 11 is 0. The van der Waals surface area contributed by atoms with Crippen LogP contribution in [0.3, 0.4) is 0 Å². The zero-order chi connectivity index (χ0) is 16.4. The number of hydrogen-bond acceptors (Lipinski definition) is 3. The SMILES string of the molecule is CC1(C)OB(c2cc3c(cc2F)oc2ccccc23)OC1(C)C. The van der Waals surface area contributed by atoms with Gasteiger partial charge >= 0.3 is 7.12 Å². The van der Waals surface area contributed by atoms with Gasteiger partial charge in [-0.3, -0.25) is 0 Å². The molecule has 4 rings (SSSR count). The molecule has 5 heteroatoms. The Balaban J connectivity index is 1.88. The van der Waals surface area contributed by atoms with Crippen molar-refractivity contribution in [3.8, 4) is 0 Å². The third kappa shape index (κ3) is 2.11. The number of hydrogen-bond donors (Lipinski definition) is 0. The highest BCUT2D eigenvalue weighted by Crippen LogP contribution is 2.37. The predicted octanol–water partition coefficient (Wildman–Crippen LogP) is 4.02. The molecule has 0 unspecified atom stereocenters. The van der Waals surface area contributed by atoms with E-state index in [4.69, 9.17) is 13.7 Å². The molecule has 0 atom stereocenters. The normalized spacial score (nSPS) is 19.8. The third-order valence-electron chi connectivity index (χ3n) is 5.00. The van der Waals surface area contributed by atoms with E-state index < -0.39 is 18.3 Å². The van der Waals surface area contributed by atoms with Crippen LogP contribution >= 0.6 is 0 Å².